The highest BCUT2D eigenvalue weighted by atomic mass is 16.1. The van der Waals surface area contributed by atoms with Gasteiger partial charge in [-0.2, -0.15) is 0 Å². The van der Waals surface area contributed by atoms with Crippen LogP contribution in [-0.4, -0.2) is 11.9 Å². The molecule has 2 aliphatic carbocycles. The van der Waals surface area contributed by atoms with E-state index in [2.05, 4.69) is 17.4 Å². The molecule has 1 N–H and O–H groups in total. The summed E-state index contributed by atoms with van der Waals surface area (Å²) in [5.74, 6) is 0.822. The number of hydrogen-bond donors (Lipinski definition) is 1. The average Bonchev–Trinajstić information content (AvgIpc) is 3.01. The van der Waals surface area contributed by atoms with Crippen molar-refractivity contribution in [1.29, 1.82) is 0 Å². The summed E-state index contributed by atoms with van der Waals surface area (Å²) in [5.41, 5.74) is 2.23. The van der Waals surface area contributed by atoms with E-state index in [4.69, 9.17) is 0 Å². The second-order valence-electron chi connectivity index (χ2n) is 6.41. The number of carbonyl (C=O) groups is 1. The first-order valence-corrected chi connectivity index (χ1v) is 8.24. The lowest BCUT2D eigenvalue weighted by Gasteiger charge is -2.22. The minimum Gasteiger partial charge on any atom is -0.349 e. The standard InChI is InChI=1S/C18H25NO/c20-18(19-17-8-4-5-9-17)16-12-10-15(11-13-16)14-6-2-1-3-7-14/h10-14,17H,1-9H2,(H,19,20). The Labute approximate surface area is 122 Å². The van der Waals surface area contributed by atoms with Crippen molar-refractivity contribution < 1.29 is 4.79 Å². The molecular formula is C18H25NO. The third-order valence-electron chi connectivity index (χ3n) is 4.94. The van der Waals surface area contributed by atoms with Crippen LogP contribution in [0.4, 0.5) is 0 Å². The Morgan fingerprint density at radius 1 is 0.850 bits per heavy atom. The minimum absolute atomic E-state index is 0.104. The molecule has 0 radical (unpaired) electrons. The van der Waals surface area contributed by atoms with Crippen LogP contribution in [0.15, 0.2) is 24.3 Å². The van der Waals surface area contributed by atoms with Crippen LogP contribution in [0.25, 0.3) is 0 Å². The van der Waals surface area contributed by atoms with E-state index in [1.54, 1.807) is 0 Å². The normalized spacial score (nSPS) is 21.0. The zero-order valence-electron chi connectivity index (χ0n) is 12.2. The summed E-state index contributed by atoms with van der Waals surface area (Å²) in [7, 11) is 0. The van der Waals surface area contributed by atoms with Crippen LogP contribution in [-0.2, 0) is 0 Å². The molecule has 108 valence electrons. The zero-order valence-corrected chi connectivity index (χ0v) is 12.2. The Balaban J connectivity index is 1.61. The van der Waals surface area contributed by atoms with Crippen molar-refractivity contribution in [3.63, 3.8) is 0 Å². The van der Waals surface area contributed by atoms with Gasteiger partial charge in [-0.1, -0.05) is 44.2 Å². The molecule has 0 bridgehead atoms. The first-order chi connectivity index (χ1) is 9.83. The van der Waals surface area contributed by atoms with Gasteiger partial charge in [-0.15, -0.1) is 0 Å². The van der Waals surface area contributed by atoms with Gasteiger partial charge in [-0.25, -0.2) is 0 Å². The van der Waals surface area contributed by atoms with E-state index in [0.29, 0.717) is 6.04 Å². The van der Waals surface area contributed by atoms with Gasteiger partial charge in [0.05, 0.1) is 0 Å². The highest BCUT2D eigenvalue weighted by Crippen LogP contribution is 2.32. The van der Waals surface area contributed by atoms with Crippen LogP contribution >= 0.6 is 0 Å². The van der Waals surface area contributed by atoms with Gasteiger partial charge in [0.2, 0.25) is 0 Å². The smallest absolute Gasteiger partial charge is 0.251 e. The lowest BCUT2D eigenvalue weighted by atomic mass is 9.84. The van der Waals surface area contributed by atoms with Crippen molar-refractivity contribution in [3.8, 4) is 0 Å². The third-order valence-corrected chi connectivity index (χ3v) is 4.94. The fourth-order valence-electron chi connectivity index (χ4n) is 3.68. The number of nitrogens with one attached hydrogen (secondary N) is 1. The van der Waals surface area contributed by atoms with Gasteiger partial charge in [-0.05, 0) is 49.3 Å². The Morgan fingerprint density at radius 3 is 2.10 bits per heavy atom. The molecule has 1 aromatic carbocycles. The van der Waals surface area contributed by atoms with Gasteiger partial charge in [0, 0.05) is 11.6 Å². The molecule has 2 fully saturated rings. The van der Waals surface area contributed by atoms with E-state index in [0.717, 1.165) is 24.3 Å². The monoisotopic (exact) mass is 271 g/mol. The maximum Gasteiger partial charge on any atom is 0.251 e. The van der Waals surface area contributed by atoms with Gasteiger partial charge in [-0.3, -0.25) is 4.79 Å². The van der Waals surface area contributed by atoms with Crippen LogP contribution in [0.5, 0.6) is 0 Å². The van der Waals surface area contributed by atoms with Crippen molar-refractivity contribution in [2.45, 2.75) is 69.7 Å². The minimum atomic E-state index is 0.104. The molecule has 0 heterocycles. The predicted molar refractivity (Wildman–Crippen MR) is 82.0 cm³/mol. The van der Waals surface area contributed by atoms with Gasteiger partial charge in [0.1, 0.15) is 0 Å². The van der Waals surface area contributed by atoms with E-state index < -0.39 is 0 Å². The molecule has 1 amide bonds. The summed E-state index contributed by atoms with van der Waals surface area (Å²) in [6.45, 7) is 0. The Bertz CT molecular complexity index is 439. The van der Waals surface area contributed by atoms with Crippen LogP contribution < -0.4 is 5.32 Å². The van der Waals surface area contributed by atoms with Gasteiger partial charge < -0.3 is 5.32 Å². The van der Waals surface area contributed by atoms with Gasteiger partial charge in [0.25, 0.3) is 5.91 Å². The van der Waals surface area contributed by atoms with Crippen molar-refractivity contribution in [2.75, 3.05) is 0 Å². The lowest BCUT2D eigenvalue weighted by Crippen LogP contribution is -2.32. The summed E-state index contributed by atoms with van der Waals surface area (Å²) in [4.78, 5) is 12.2. The maximum atomic E-state index is 12.2. The third kappa shape index (κ3) is 3.23. The summed E-state index contributed by atoms with van der Waals surface area (Å²) in [5, 5.41) is 3.16. The van der Waals surface area contributed by atoms with Crippen LogP contribution in [0.3, 0.4) is 0 Å². The molecule has 0 atom stereocenters. The fourth-order valence-corrected chi connectivity index (χ4v) is 3.68. The van der Waals surface area contributed by atoms with E-state index in [1.165, 1.54) is 50.5 Å². The number of rotatable bonds is 3. The highest BCUT2D eigenvalue weighted by molar-refractivity contribution is 5.94. The SMILES string of the molecule is O=C(NC1CCCC1)c1ccc(C2CCCCC2)cc1. The Morgan fingerprint density at radius 2 is 1.45 bits per heavy atom. The zero-order chi connectivity index (χ0) is 13.8. The molecule has 0 saturated heterocycles. The summed E-state index contributed by atoms with van der Waals surface area (Å²) in [6.07, 6.45) is 11.5. The van der Waals surface area contributed by atoms with E-state index >= 15 is 0 Å². The summed E-state index contributed by atoms with van der Waals surface area (Å²) in [6, 6.07) is 8.75. The molecule has 3 rings (SSSR count). The highest BCUT2D eigenvalue weighted by Gasteiger charge is 2.19. The van der Waals surface area contributed by atoms with Crippen LogP contribution in [0.1, 0.15) is 79.6 Å². The second-order valence-corrected chi connectivity index (χ2v) is 6.41. The van der Waals surface area contributed by atoms with Crippen molar-refractivity contribution in [3.05, 3.63) is 35.4 Å². The lowest BCUT2D eigenvalue weighted by molar-refractivity contribution is 0.0938. The fraction of sp³-hybridized carbons (Fsp3) is 0.611. The molecule has 2 heteroatoms. The number of hydrogen-bond acceptors (Lipinski definition) is 1. The molecule has 2 nitrogen and oxygen atoms in total. The maximum absolute atomic E-state index is 12.2. The van der Waals surface area contributed by atoms with Gasteiger partial charge >= 0.3 is 0 Å². The van der Waals surface area contributed by atoms with E-state index in [1.807, 2.05) is 12.1 Å². The first kappa shape index (κ1) is 13.7. The molecule has 2 aliphatic rings. The number of carbonyl (C=O) groups excluding carboxylic acids is 1. The number of amides is 1. The number of benzene rings is 1. The van der Waals surface area contributed by atoms with E-state index in [9.17, 15) is 4.79 Å². The second kappa shape index (κ2) is 6.43. The molecule has 0 aromatic heterocycles. The Kier molecular flexibility index (Phi) is 4.39. The molecular weight excluding hydrogens is 246 g/mol. The summed E-state index contributed by atoms with van der Waals surface area (Å²) >= 11 is 0. The predicted octanol–water partition coefficient (Wildman–Crippen LogP) is 4.41. The molecule has 0 spiro atoms. The molecule has 2 saturated carbocycles. The topological polar surface area (TPSA) is 29.1 Å². The Hall–Kier alpha value is -1.31. The molecule has 0 unspecified atom stereocenters. The summed E-state index contributed by atoms with van der Waals surface area (Å²) < 4.78 is 0. The molecule has 20 heavy (non-hydrogen) atoms. The molecule has 1 aromatic rings. The van der Waals surface area contributed by atoms with Gasteiger partial charge in [0.15, 0.2) is 0 Å². The van der Waals surface area contributed by atoms with Crippen molar-refractivity contribution in [1.82, 2.24) is 5.32 Å². The van der Waals surface area contributed by atoms with E-state index in [-0.39, 0.29) is 5.91 Å². The first-order valence-electron chi connectivity index (χ1n) is 8.24. The van der Waals surface area contributed by atoms with Crippen LogP contribution in [0.2, 0.25) is 0 Å². The molecule has 0 aliphatic heterocycles. The van der Waals surface area contributed by atoms with Crippen LogP contribution in [0, 0.1) is 0 Å². The quantitative estimate of drug-likeness (QED) is 0.867. The van der Waals surface area contributed by atoms with Crippen molar-refractivity contribution >= 4 is 5.91 Å². The largest absolute Gasteiger partial charge is 0.349 e. The van der Waals surface area contributed by atoms with Crippen molar-refractivity contribution in [2.24, 2.45) is 0 Å². The average molecular weight is 271 g/mol.